The van der Waals surface area contributed by atoms with E-state index in [1.807, 2.05) is 0 Å². The molecule has 0 aliphatic heterocycles. The van der Waals surface area contributed by atoms with E-state index in [-0.39, 0.29) is 12.6 Å². The van der Waals surface area contributed by atoms with E-state index in [1.54, 1.807) is 41.8 Å². The number of benzene rings is 1. The highest BCUT2D eigenvalue weighted by Crippen LogP contribution is 2.32. The summed E-state index contributed by atoms with van der Waals surface area (Å²) in [6.07, 6.45) is -0.523. The molecule has 1 aliphatic carbocycles. The van der Waals surface area contributed by atoms with Crippen molar-refractivity contribution in [2.24, 2.45) is 0 Å². The van der Waals surface area contributed by atoms with Gasteiger partial charge in [0.05, 0.1) is 7.11 Å². The van der Waals surface area contributed by atoms with Crippen LogP contribution >= 0.6 is 11.3 Å². The molecule has 0 bridgehead atoms. The molecule has 2 amide bonds. The van der Waals surface area contributed by atoms with Gasteiger partial charge in [-0.3, -0.25) is 9.59 Å². The Labute approximate surface area is 183 Å². The number of thiophene rings is 1. The SMILES string of the molecule is COc1ccc(CN(C(=O)C(F)(F)F)[C@@H](C(=O)NC2CCCCC2)c2cccs2)cc1. The van der Waals surface area contributed by atoms with Crippen LogP contribution in [0.3, 0.4) is 0 Å². The fourth-order valence-corrected chi connectivity index (χ4v) is 4.60. The van der Waals surface area contributed by atoms with Crippen molar-refractivity contribution in [3.8, 4) is 5.75 Å². The molecule has 1 fully saturated rings. The van der Waals surface area contributed by atoms with Crippen LogP contribution in [0.4, 0.5) is 13.2 Å². The standard InChI is InChI=1S/C22H25F3N2O3S/c1-30-17-11-9-15(10-12-17)14-27(21(29)22(23,24)25)19(18-8-5-13-31-18)20(28)26-16-6-3-2-4-7-16/h5,8-13,16,19H,2-4,6-7,14H2,1H3,(H,26,28)/t19-/m1/s1. The highest BCUT2D eigenvalue weighted by Gasteiger charge is 2.47. The Morgan fingerprint density at radius 3 is 2.39 bits per heavy atom. The van der Waals surface area contributed by atoms with Crippen LogP contribution in [0.15, 0.2) is 41.8 Å². The van der Waals surface area contributed by atoms with Gasteiger partial charge < -0.3 is 15.0 Å². The number of hydrogen-bond acceptors (Lipinski definition) is 4. The van der Waals surface area contributed by atoms with E-state index in [0.29, 0.717) is 21.1 Å². The molecule has 31 heavy (non-hydrogen) atoms. The lowest BCUT2D eigenvalue weighted by Gasteiger charge is -2.33. The summed E-state index contributed by atoms with van der Waals surface area (Å²) < 4.78 is 45.6. The quantitative estimate of drug-likeness (QED) is 0.652. The Hall–Kier alpha value is -2.55. The van der Waals surface area contributed by atoms with Crippen LogP contribution in [-0.2, 0) is 16.1 Å². The van der Waals surface area contributed by atoms with Gasteiger partial charge in [-0.15, -0.1) is 11.3 Å². The fourth-order valence-electron chi connectivity index (χ4n) is 3.77. The van der Waals surface area contributed by atoms with Crippen molar-refractivity contribution in [1.29, 1.82) is 0 Å². The van der Waals surface area contributed by atoms with Crippen LogP contribution in [0.1, 0.15) is 48.6 Å². The van der Waals surface area contributed by atoms with Crippen LogP contribution in [0.25, 0.3) is 0 Å². The van der Waals surface area contributed by atoms with Gasteiger partial charge in [0.25, 0.3) is 0 Å². The predicted octanol–water partition coefficient (Wildman–Crippen LogP) is 4.84. The van der Waals surface area contributed by atoms with E-state index in [2.05, 4.69) is 5.32 Å². The van der Waals surface area contributed by atoms with E-state index < -0.39 is 24.0 Å². The van der Waals surface area contributed by atoms with Crippen LogP contribution < -0.4 is 10.1 Å². The zero-order valence-electron chi connectivity index (χ0n) is 17.2. The fraction of sp³-hybridized carbons (Fsp3) is 0.455. The highest BCUT2D eigenvalue weighted by atomic mass is 32.1. The van der Waals surface area contributed by atoms with Gasteiger partial charge in [-0.2, -0.15) is 13.2 Å². The third kappa shape index (κ3) is 6.00. The van der Waals surface area contributed by atoms with Gasteiger partial charge in [0.1, 0.15) is 11.8 Å². The lowest BCUT2D eigenvalue weighted by Crippen LogP contribution is -2.49. The van der Waals surface area contributed by atoms with Gasteiger partial charge >= 0.3 is 12.1 Å². The second kappa shape index (κ2) is 10.2. The molecule has 1 aromatic carbocycles. The first-order chi connectivity index (χ1) is 14.8. The van der Waals surface area contributed by atoms with Gasteiger partial charge in [-0.05, 0) is 42.0 Å². The maximum atomic E-state index is 13.5. The molecule has 1 N–H and O–H groups in total. The van der Waals surface area contributed by atoms with Crippen molar-refractivity contribution in [3.63, 3.8) is 0 Å². The first-order valence-electron chi connectivity index (χ1n) is 10.1. The smallest absolute Gasteiger partial charge is 0.471 e. The summed E-state index contributed by atoms with van der Waals surface area (Å²) in [5.74, 6) is -2.08. The van der Waals surface area contributed by atoms with Crippen molar-refractivity contribution in [2.45, 2.75) is 56.9 Å². The summed E-state index contributed by atoms with van der Waals surface area (Å²) in [7, 11) is 1.48. The molecule has 1 aromatic heterocycles. The average Bonchev–Trinajstić information content (AvgIpc) is 3.27. The van der Waals surface area contributed by atoms with Crippen LogP contribution in [-0.4, -0.2) is 36.0 Å². The van der Waals surface area contributed by atoms with E-state index in [1.165, 1.54) is 7.11 Å². The number of nitrogens with one attached hydrogen (secondary N) is 1. The maximum Gasteiger partial charge on any atom is 0.471 e. The monoisotopic (exact) mass is 454 g/mol. The molecule has 1 heterocycles. The summed E-state index contributed by atoms with van der Waals surface area (Å²) in [5.41, 5.74) is 0.463. The first kappa shape index (κ1) is 23.1. The summed E-state index contributed by atoms with van der Waals surface area (Å²) >= 11 is 1.15. The van der Waals surface area contributed by atoms with Crippen molar-refractivity contribution in [3.05, 3.63) is 52.2 Å². The molecular formula is C22H25F3N2O3S. The zero-order chi connectivity index (χ0) is 22.4. The summed E-state index contributed by atoms with van der Waals surface area (Å²) in [4.78, 5) is 26.6. The average molecular weight is 455 g/mol. The Bertz CT molecular complexity index is 863. The number of halogens is 3. The number of ether oxygens (including phenoxy) is 1. The van der Waals surface area contributed by atoms with Crippen molar-refractivity contribution >= 4 is 23.2 Å². The molecule has 168 valence electrons. The molecular weight excluding hydrogens is 429 g/mol. The molecule has 3 rings (SSSR count). The molecule has 1 aliphatic rings. The third-order valence-electron chi connectivity index (χ3n) is 5.34. The Kier molecular flexibility index (Phi) is 7.59. The largest absolute Gasteiger partial charge is 0.497 e. The minimum absolute atomic E-state index is 0.0902. The summed E-state index contributed by atoms with van der Waals surface area (Å²) in [6.45, 7) is -0.358. The van der Waals surface area contributed by atoms with Gasteiger partial charge in [0, 0.05) is 17.5 Å². The van der Waals surface area contributed by atoms with Gasteiger partial charge in [0.15, 0.2) is 0 Å². The molecule has 9 heteroatoms. The number of carbonyl (C=O) groups is 2. The third-order valence-corrected chi connectivity index (χ3v) is 6.26. The second-order valence-electron chi connectivity index (χ2n) is 7.54. The van der Waals surface area contributed by atoms with Crippen molar-refractivity contribution in [2.75, 3.05) is 7.11 Å². The van der Waals surface area contributed by atoms with E-state index >= 15 is 0 Å². The molecule has 1 atom stereocenters. The Morgan fingerprint density at radius 2 is 1.84 bits per heavy atom. The number of rotatable bonds is 7. The highest BCUT2D eigenvalue weighted by molar-refractivity contribution is 7.10. The van der Waals surface area contributed by atoms with Gasteiger partial charge in [-0.25, -0.2) is 0 Å². The van der Waals surface area contributed by atoms with Gasteiger partial charge in [0.2, 0.25) is 5.91 Å². The van der Waals surface area contributed by atoms with E-state index in [4.69, 9.17) is 4.74 Å². The Balaban J connectivity index is 1.93. The summed E-state index contributed by atoms with van der Waals surface area (Å²) in [5, 5.41) is 4.56. The molecule has 0 spiro atoms. The molecule has 2 aromatic rings. The number of nitrogens with zero attached hydrogens (tertiary/aromatic N) is 1. The molecule has 1 saturated carbocycles. The topological polar surface area (TPSA) is 58.6 Å². The molecule has 0 saturated heterocycles. The number of hydrogen-bond donors (Lipinski definition) is 1. The summed E-state index contributed by atoms with van der Waals surface area (Å²) in [6, 6.07) is 8.16. The minimum Gasteiger partial charge on any atom is -0.497 e. The molecule has 0 radical (unpaired) electrons. The minimum atomic E-state index is -5.10. The van der Waals surface area contributed by atoms with Crippen molar-refractivity contribution < 1.29 is 27.5 Å². The lowest BCUT2D eigenvalue weighted by atomic mass is 9.95. The first-order valence-corrected chi connectivity index (χ1v) is 11.0. The van der Waals surface area contributed by atoms with Crippen LogP contribution in [0, 0.1) is 0 Å². The zero-order valence-corrected chi connectivity index (χ0v) is 18.0. The second-order valence-corrected chi connectivity index (χ2v) is 8.52. The molecule has 5 nitrogen and oxygen atoms in total. The van der Waals surface area contributed by atoms with Crippen LogP contribution in [0.2, 0.25) is 0 Å². The predicted molar refractivity (Wildman–Crippen MR) is 112 cm³/mol. The lowest BCUT2D eigenvalue weighted by molar-refractivity contribution is -0.189. The van der Waals surface area contributed by atoms with Crippen LogP contribution in [0.5, 0.6) is 5.75 Å². The number of carbonyl (C=O) groups excluding carboxylic acids is 2. The Morgan fingerprint density at radius 1 is 1.16 bits per heavy atom. The van der Waals surface area contributed by atoms with Crippen molar-refractivity contribution in [1.82, 2.24) is 10.2 Å². The molecule has 0 unspecified atom stereocenters. The number of methoxy groups -OCH3 is 1. The van der Waals surface area contributed by atoms with E-state index in [0.717, 1.165) is 43.4 Å². The van der Waals surface area contributed by atoms with E-state index in [9.17, 15) is 22.8 Å². The normalized spacial score (nSPS) is 15.9. The van der Waals surface area contributed by atoms with Gasteiger partial charge in [-0.1, -0.05) is 37.5 Å². The maximum absolute atomic E-state index is 13.5. The number of amides is 2. The number of alkyl halides is 3.